The Hall–Kier alpha value is -1.40. The maximum atomic E-state index is 11.9. The van der Waals surface area contributed by atoms with E-state index in [1.165, 1.54) is 25.7 Å². The van der Waals surface area contributed by atoms with Crippen molar-refractivity contribution in [3.63, 3.8) is 0 Å². The maximum Gasteiger partial charge on any atom is 0.331 e. The van der Waals surface area contributed by atoms with Crippen molar-refractivity contribution in [3.05, 3.63) is 12.2 Å². The molecule has 4 N–H and O–H groups in total. The number of rotatable bonds is 13. The molecular weight excluding hydrogens is 284 g/mol. The first-order valence-electron chi connectivity index (χ1n) is 8.07. The fourth-order valence-corrected chi connectivity index (χ4v) is 2.04. The molecule has 0 bridgehead atoms. The molecule has 0 fully saturated rings. The molecule has 6 heteroatoms. The van der Waals surface area contributed by atoms with E-state index in [1.807, 2.05) is 0 Å². The molecule has 0 aliphatic rings. The molecule has 128 valence electrons. The Morgan fingerprint density at radius 1 is 1.23 bits per heavy atom. The zero-order valence-electron chi connectivity index (χ0n) is 13.7. The summed E-state index contributed by atoms with van der Waals surface area (Å²) in [6.07, 6.45) is 10.3. The predicted octanol–water partition coefficient (Wildman–Crippen LogP) is 2.39. The molecule has 0 aromatic carbocycles. The van der Waals surface area contributed by atoms with E-state index in [0.717, 1.165) is 12.8 Å². The number of carbonyl (C=O) groups excluding carboxylic acids is 1. The number of unbranched alkanes of at least 4 members (excludes halogenated alkanes) is 5. The van der Waals surface area contributed by atoms with E-state index in [1.54, 1.807) is 19.1 Å². The van der Waals surface area contributed by atoms with Gasteiger partial charge in [0.15, 0.2) is 0 Å². The van der Waals surface area contributed by atoms with E-state index in [9.17, 15) is 9.59 Å². The monoisotopic (exact) mass is 314 g/mol. The van der Waals surface area contributed by atoms with Gasteiger partial charge >= 0.3 is 11.9 Å². The molecule has 0 rings (SSSR count). The number of carbonyl (C=O) groups is 2. The van der Waals surface area contributed by atoms with Crippen LogP contribution in [0.5, 0.6) is 0 Å². The molecule has 0 aromatic heterocycles. The second-order valence-electron chi connectivity index (χ2n) is 5.40. The number of hydroxylamine groups is 1. The molecule has 0 saturated heterocycles. The highest BCUT2D eigenvalue weighted by atomic mass is 16.7. The van der Waals surface area contributed by atoms with Gasteiger partial charge in [0.1, 0.15) is 6.04 Å². The van der Waals surface area contributed by atoms with Crippen LogP contribution in [0.25, 0.3) is 0 Å². The highest BCUT2D eigenvalue weighted by Gasteiger charge is 2.23. The van der Waals surface area contributed by atoms with Crippen molar-refractivity contribution in [3.8, 4) is 0 Å². The van der Waals surface area contributed by atoms with Crippen LogP contribution in [0, 0.1) is 5.92 Å². The Bertz CT molecular complexity index is 345. The zero-order chi connectivity index (χ0) is 16.8. The van der Waals surface area contributed by atoms with Crippen molar-refractivity contribution >= 4 is 11.9 Å². The van der Waals surface area contributed by atoms with Crippen LogP contribution >= 0.6 is 0 Å². The first kappa shape index (κ1) is 20.6. The molecule has 0 heterocycles. The maximum absolute atomic E-state index is 11.9. The first-order valence-corrected chi connectivity index (χ1v) is 8.07. The fourth-order valence-electron chi connectivity index (χ4n) is 2.04. The molecule has 0 amide bonds. The van der Waals surface area contributed by atoms with E-state index >= 15 is 0 Å². The molecule has 0 saturated carbocycles. The van der Waals surface area contributed by atoms with Crippen LogP contribution in [-0.4, -0.2) is 29.6 Å². The van der Waals surface area contributed by atoms with E-state index < -0.39 is 23.9 Å². The van der Waals surface area contributed by atoms with Gasteiger partial charge in [-0.15, -0.1) is 0 Å². The second-order valence-corrected chi connectivity index (χ2v) is 5.40. The van der Waals surface area contributed by atoms with Gasteiger partial charge in [0.2, 0.25) is 0 Å². The lowest BCUT2D eigenvalue weighted by Crippen LogP contribution is -2.35. The largest absolute Gasteiger partial charge is 0.480 e. The molecule has 0 radical (unpaired) electrons. The van der Waals surface area contributed by atoms with Crippen molar-refractivity contribution in [1.82, 2.24) is 5.48 Å². The van der Waals surface area contributed by atoms with Gasteiger partial charge in [-0.1, -0.05) is 51.2 Å². The summed E-state index contributed by atoms with van der Waals surface area (Å²) in [4.78, 5) is 27.6. The minimum Gasteiger partial charge on any atom is -0.480 e. The van der Waals surface area contributed by atoms with Crippen molar-refractivity contribution in [2.45, 2.75) is 64.8 Å². The number of allylic oxidation sites excluding steroid dienone is 1. The summed E-state index contributed by atoms with van der Waals surface area (Å²) < 4.78 is 0. The number of nitrogens with two attached hydrogens (primary N) is 1. The van der Waals surface area contributed by atoms with Crippen LogP contribution in [-0.2, 0) is 14.4 Å². The number of carboxylic acid groups (broad SMARTS) is 1. The predicted molar refractivity (Wildman–Crippen MR) is 86.0 cm³/mol. The number of hydrogen-bond acceptors (Lipinski definition) is 5. The summed E-state index contributed by atoms with van der Waals surface area (Å²) in [5, 5.41) is 8.80. The summed E-state index contributed by atoms with van der Waals surface area (Å²) in [7, 11) is 0. The van der Waals surface area contributed by atoms with Crippen LogP contribution in [0.3, 0.4) is 0 Å². The van der Waals surface area contributed by atoms with Gasteiger partial charge < -0.3 is 15.7 Å². The van der Waals surface area contributed by atoms with Gasteiger partial charge in [-0.2, -0.15) is 5.48 Å². The highest BCUT2D eigenvalue weighted by Crippen LogP contribution is 2.10. The second kappa shape index (κ2) is 13.3. The Morgan fingerprint density at radius 2 is 1.86 bits per heavy atom. The van der Waals surface area contributed by atoms with Gasteiger partial charge in [-0.3, -0.25) is 4.79 Å². The molecule has 0 aromatic rings. The molecule has 0 aliphatic carbocycles. The molecule has 6 nitrogen and oxygen atoms in total. The Kier molecular flexibility index (Phi) is 12.4. The summed E-state index contributed by atoms with van der Waals surface area (Å²) in [6, 6.07) is -1.08. The van der Waals surface area contributed by atoms with E-state index in [2.05, 4.69) is 12.4 Å². The SMILES string of the molecule is CC=CC(C[C@H](N)C(=O)O)C(=O)ONCCCCCCCC. The number of carboxylic acids is 1. The van der Waals surface area contributed by atoms with Crippen molar-refractivity contribution in [2.24, 2.45) is 11.7 Å². The first-order chi connectivity index (χ1) is 10.5. The quantitative estimate of drug-likeness (QED) is 0.274. The summed E-state index contributed by atoms with van der Waals surface area (Å²) >= 11 is 0. The van der Waals surface area contributed by atoms with Crippen LogP contribution in [0.1, 0.15) is 58.8 Å². The van der Waals surface area contributed by atoms with Crippen molar-refractivity contribution < 1.29 is 19.5 Å². The summed E-state index contributed by atoms with van der Waals surface area (Å²) in [5.41, 5.74) is 8.10. The minimum absolute atomic E-state index is 0.0250. The van der Waals surface area contributed by atoms with E-state index in [-0.39, 0.29) is 6.42 Å². The Morgan fingerprint density at radius 3 is 2.45 bits per heavy atom. The lowest BCUT2D eigenvalue weighted by Gasteiger charge is -2.14. The van der Waals surface area contributed by atoms with E-state index in [4.69, 9.17) is 15.7 Å². The fraction of sp³-hybridized carbons (Fsp3) is 0.750. The third kappa shape index (κ3) is 10.3. The van der Waals surface area contributed by atoms with Crippen molar-refractivity contribution in [1.29, 1.82) is 0 Å². The summed E-state index contributed by atoms with van der Waals surface area (Å²) in [6.45, 7) is 4.54. The molecular formula is C16H30N2O4. The number of aliphatic carboxylic acids is 1. The average molecular weight is 314 g/mol. The van der Waals surface area contributed by atoms with E-state index in [0.29, 0.717) is 6.54 Å². The van der Waals surface area contributed by atoms with Gasteiger partial charge in [0.05, 0.1) is 5.92 Å². The van der Waals surface area contributed by atoms with Crippen LogP contribution in [0.4, 0.5) is 0 Å². The lowest BCUT2D eigenvalue weighted by atomic mass is 10.00. The number of hydrogen-bond donors (Lipinski definition) is 3. The highest BCUT2D eigenvalue weighted by molar-refractivity contribution is 5.77. The zero-order valence-corrected chi connectivity index (χ0v) is 13.7. The molecule has 1 unspecified atom stereocenters. The van der Waals surface area contributed by atoms with Crippen LogP contribution < -0.4 is 11.2 Å². The molecule has 22 heavy (non-hydrogen) atoms. The Balaban J connectivity index is 3.92. The minimum atomic E-state index is -1.12. The normalized spacial score (nSPS) is 14.0. The smallest absolute Gasteiger partial charge is 0.331 e. The van der Waals surface area contributed by atoms with Crippen LogP contribution in [0.2, 0.25) is 0 Å². The molecule has 0 aliphatic heterocycles. The van der Waals surface area contributed by atoms with Crippen molar-refractivity contribution in [2.75, 3.05) is 6.54 Å². The summed E-state index contributed by atoms with van der Waals surface area (Å²) in [5.74, 6) is -2.27. The Labute approximate surface area is 133 Å². The van der Waals surface area contributed by atoms with Crippen LogP contribution in [0.15, 0.2) is 12.2 Å². The van der Waals surface area contributed by atoms with Gasteiger partial charge in [-0.05, 0) is 19.8 Å². The average Bonchev–Trinajstić information content (AvgIpc) is 2.49. The molecule has 0 spiro atoms. The topological polar surface area (TPSA) is 102 Å². The van der Waals surface area contributed by atoms with Gasteiger partial charge in [-0.25, -0.2) is 4.79 Å². The third-order valence-corrected chi connectivity index (χ3v) is 3.36. The van der Waals surface area contributed by atoms with Gasteiger partial charge in [0.25, 0.3) is 0 Å². The van der Waals surface area contributed by atoms with Gasteiger partial charge in [0, 0.05) is 6.54 Å². The standard InChI is InChI=1S/C16H30N2O4/c1-3-5-6-7-8-9-11-18-22-16(21)13(10-4-2)12-14(17)15(19)20/h4,10,13-14,18H,3,5-9,11-12,17H2,1-2H3,(H,19,20)/t13?,14-/m0/s1. The lowest BCUT2D eigenvalue weighted by molar-refractivity contribution is -0.155. The third-order valence-electron chi connectivity index (χ3n) is 3.36. The number of nitrogens with one attached hydrogen (secondary N) is 1. The molecule has 2 atom stereocenters.